The van der Waals surface area contributed by atoms with E-state index in [1.807, 2.05) is 0 Å². The first-order chi connectivity index (χ1) is 11.9. The topological polar surface area (TPSA) is 78.4 Å². The van der Waals surface area contributed by atoms with Crippen molar-refractivity contribution in [2.45, 2.75) is 50.9 Å². The first kappa shape index (κ1) is 19.5. The summed E-state index contributed by atoms with van der Waals surface area (Å²) in [5.41, 5.74) is -0.888. The number of carbonyl (C=O) groups is 1. The van der Waals surface area contributed by atoms with Crippen molar-refractivity contribution in [3.8, 4) is 0 Å². The number of carbonyl (C=O) groups excluding carboxylic acids is 1. The van der Waals surface area contributed by atoms with Gasteiger partial charge in [-0.25, -0.2) is 4.98 Å². The molecule has 1 saturated carbocycles. The normalized spacial score (nSPS) is 16.1. The van der Waals surface area contributed by atoms with E-state index in [4.69, 9.17) is 0 Å². The maximum Gasteiger partial charge on any atom is 0.434 e. The Labute approximate surface area is 148 Å². The Morgan fingerprint density at radius 3 is 2.68 bits per heavy atom. The van der Waals surface area contributed by atoms with E-state index in [1.54, 1.807) is 7.05 Å². The Hall–Kier alpha value is -1.84. The average molecular weight is 377 g/mol. The Bertz CT molecular complexity index is 596. The zero-order valence-electron chi connectivity index (χ0n) is 13.9. The molecule has 25 heavy (non-hydrogen) atoms. The van der Waals surface area contributed by atoms with Gasteiger partial charge in [-0.05, 0) is 12.8 Å². The fourth-order valence-corrected chi connectivity index (χ4v) is 3.31. The molecule has 6 nitrogen and oxygen atoms in total. The molecule has 0 aromatic carbocycles. The molecule has 1 aliphatic rings. The van der Waals surface area contributed by atoms with Crippen LogP contribution in [0.5, 0.6) is 0 Å². The van der Waals surface area contributed by atoms with Gasteiger partial charge in [0.05, 0.1) is 6.54 Å². The molecule has 0 unspecified atom stereocenters. The van der Waals surface area contributed by atoms with Crippen LogP contribution >= 0.6 is 11.3 Å². The highest BCUT2D eigenvalue weighted by Crippen LogP contribution is 2.29. The van der Waals surface area contributed by atoms with Crippen LogP contribution in [0, 0.1) is 0 Å². The van der Waals surface area contributed by atoms with Gasteiger partial charge in [0.25, 0.3) is 0 Å². The fraction of sp³-hybridized carbons (Fsp3) is 0.667. The zero-order chi connectivity index (χ0) is 18.3. The van der Waals surface area contributed by atoms with Crippen molar-refractivity contribution in [2.24, 2.45) is 4.99 Å². The van der Waals surface area contributed by atoms with Crippen LogP contribution < -0.4 is 16.0 Å². The van der Waals surface area contributed by atoms with Crippen LogP contribution in [0.1, 0.15) is 42.8 Å². The number of rotatable bonds is 6. The zero-order valence-corrected chi connectivity index (χ0v) is 14.8. The van der Waals surface area contributed by atoms with Crippen molar-refractivity contribution >= 4 is 23.2 Å². The number of alkyl halides is 3. The molecule has 2 rings (SSSR count). The summed E-state index contributed by atoms with van der Waals surface area (Å²) < 4.78 is 37.5. The fourth-order valence-electron chi connectivity index (χ4n) is 2.57. The van der Waals surface area contributed by atoms with E-state index in [1.165, 1.54) is 0 Å². The van der Waals surface area contributed by atoms with Gasteiger partial charge in [-0.2, -0.15) is 13.2 Å². The summed E-state index contributed by atoms with van der Waals surface area (Å²) >= 11 is 0.935. The molecular formula is C15H22F3N5OS. The first-order valence-electron chi connectivity index (χ1n) is 8.14. The molecule has 0 aliphatic heterocycles. The minimum atomic E-state index is -4.43. The van der Waals surface area contributed by atoms with E-state index in [0.29, 0.717) is 23.9 Å². The predicted octanol–water partition coefficient (Wildman–Crippen LogP) is 2.28. The van der Waals surface area contributed by atoms with Gasteiger partial charge in [-0.1, -0.05) is 12.8 Å². The van der Waals surface area contributed by atoms with Gasteiger partial charge >= 0.3 is 6.18 Å². The van der Waals surface area contributed by atoms with Crippen LogP contribution in [0.2, 0.25) is 0 Å². The quantitative estimate of drug-likeness (QED) is 0.525. The minimum absolute atomic E-state index is 0.00963. The van der Waals surface area contributed by atoms with Crippen molar-refractivity contribution in [2.75, 3.05) is 13.6 Å². The van der Waals surface area contributed by atoms with Crippen LogP contribution in [-0.4, -0.2) is 36.5 Å². The van der Waals surface area contributed by atoms with Gasteiger partial charge in [-0.3, -0.25) is 9.79 Å². The highest BCUT2D eigenvalue weighted by Gasteiger charge is 2.33. The molecule has 1 aromatic heterocycles. The van der Waals surface area contributed by atoms with Gasteiger partial charge in [0.15, 0.2) is 11.7 Å². The van der Waals surface area contributed by atoms with E-state index in [9.17, 15) is 18.0 Å². The molecule has 1 fully saturated rings. The molecule has 140 valence electrons. The molecule has 1 heterocycles. The first-order valence-corrected chi connectivity index (χ1v) is 9.02. The number of nitrogens with one attached hydrogen (secondary N) is 3. The highest BCUT2D eigenvalue weighted by atomic mass is 32.1. The summed E-state index contributed by atoms with van der Waals surface area (Å²) in [5, 5.41) is 10.1. The highest BCUT2D eigenvalue weighted by molar-refractivity contribution is 7.09. The number of aliphatic imine (C=N–C) groups is 1. The lowest BCUT2D eigenvalue weighted by Gasteiger charge is -2.13. The van der Waals surface area contributed by atoms with Crippen molar-refractivity contribution in [1.29, 1.82) is 0 Å². The number of guanidine groups is 1. The Kier molecular flexibility index (Phi) is 7.03. The van der Waals surface area contributed by atoms with E-state index in [-0.39, 0.29) is 18.5 Å². The minimum Gasteiger partial charge on any atom is -0.356 e. The Balaban J connectivity index is 1.68. The average Bonchev–Trinajstić information content (AvgIpc) is 3.21. The van der Waals surface area contributed by atoms with Crippen molar-refractivity contribution < 1.29 is 18.0 Å². The number of nitrogens with zero attached hydrogens (tertiary/aromatic N) is 2. The van der Waals surface area contributed by atoms with E-state index >= 15 is 0 Å². The second-order valence-corrected chi connectivity index (χ2v) is 6.72. The predicted molar refractivity (Wildman–Crippen MR) is 90.3 cm³/mol. The second kappa shape index (κ2) is 9.02. The van der Waals surface area contributed by atoms with Gasteiger partial charge in [0.2, 0.25) is 5.91 Å². The van der Waals surface area contributed by atoms with Crippen LogP contribution in [-0.2, 0) is 17.5 Å². The van der Waals surface area contributed by atoms with Gasteiger partial charge in [-0.15, -0.1) is 11.3 Å². The molecule has 0 saturated heterocycles. The molecule has 1 aliphatic carbocycles. The third-order valence-electron chi connectivity index (χ3n) is 3.84. The maximum absolute atomic E-state index is 12.5. The summed E-state index contributed by atoms with van der Waals surface area (Å²) in [6.07, 6.45) is 0.277. The van der Waals surface area contributed by atoms with Crippen LogP contribution in [0.3, 0.4) is 0 Å². The Morgan fingerprint density at radius 1 is 1.36 bits per heavy atom. The number of amides is 1. The summed E-state index contributed by atoms with van der Waals surface area (Å²) in [4.78, 5) is 19.3. The molecule has 0 atom stereocenters. The largest absolute Gasteiger partial charge is 0.434 e. The van der Waals surface area contributed by atoms with Gasteiger partial charge < -0.3 is 16.0 Å². The molecule has 0 spiro atoms. The van der Waals surface area contributed by atoms with Crippen molar-refractivity contribution in [3.05, 3.63) is 16.1 Å². The monoisotopic (exact) mass is 377 g/mol. The van der Waals surface area contributed by atoms with Crippen LogP contribution in [0.4, 0.5) is 13.2 Å². The molecule has 3 N–H and O–H groups in total. The lowest BCUT2D eigenvalue weighted by molar-refractivity contribution is -0.140. The van der Waals surface area contributed by atoms with Crippen LogP contribution in [0.15, 0.2) is 10.4 Å². The molecule has 0 radical (unpaired) electrons. The van der Waals surface area contributed by atoms with Gasteiger partial charge in [0.1, 0.15) is 5.01 Å². The van der Waals surface area contributed by atoms with Gasteiger partial charge in [0, 0.05) is 31.4 Å². The SMILES string of the molecule is CN=C(NCCC(=O)NC1CCCC1)NCc1nc(C(F)(F)F)cs1. The summed E-state index contributed by atoms with van der Waals surface area (Å²) in [7, 11) is 1.55. The van der Waals surface area contributed by atoms with Crippen molar-refractivity contribution in [3.63, 3.8) is 0 Å². The molecule has 1 amide bonds. The lowest BCUT2D eigenvalue weighted by atomic mass is 10.2. The van der Waals surface area contributed by atoms with Crippen LogP contribution in [0.25, 0.3) is 0 Å². The number of aromatic nitrogens is 1. The standard InChI is InChI=1S/C15H22F3N5OS/c1-19-14(20-7-6-12(24)22-10-4-2-3-5-10)21-8-13-23-11(9-25-13)15(16,17)18/h9-10H,2-8H2,1H3,(H,22,24)(H2,19,20,21). The summed E-state index contributed by atoms with van der Waals surface area (Å²) in [6, 6.07) is 0.290. The third-order valence-corrected chi connectivity index (χ3v) is 4.69. The number of thiazole rings is 1. The number of hydrogen-bond donors (Lipinski definition) is 3. The van der Waals surface area contributed by atoms with E-state index in [0.717, 1.165) is 42.4 Å². The summed E-state index contributed by atoms with van der Waals surface area (Å²) in [5.74, 6) is 0.405. The third kappa shape index (κ3) is 6.52. The van der Waals surface area contributed by atoms with E-state index in [2.05, 4.69) is 25.9 Å². The van der Waals surface area contributed by atoms with Crippen molar-refractivity contribution in [1.82, 2.24) is 20.9 Å². The number of hydrogen-bond acceptors (Lipinski definition) is 4. The Morgan fingerprint density at radius 2 is 2.08 bits per heavy atom. The smallest absolute Gasteiger partial charge is 0.356 e. The maximum atomic E-state index is 12.5. The van der Waals surface area contributed by atoms with E-state index < -0.39 is 11.9 Å². The molecule has 10 heteroatoms. The number of halogens is 3. The molecular weight excluding hydrogens is 355 g/mol. The second-order valence-electron chi connectivity index (χ2n) is 5.78. The summed E-state index contributed by atoms with van der Waals surface area (Å²) in [6.45, 7) is 0.526. The molecule has 1 aromatic rings. The molecule has 0 bridgehead atoms. The lowest BCUT2D eigenvalue weighted by Crippen LogP contribution is -2.40.